The van der Waals surface area contributed by atoms with Crippen LogP contribution in [0, 0.1) is 6.92 Å². The van der Waals surface area contributed by atoms with E-state index < -0.39 is 0 Å². The Morgan fingerprint density at radius 2 is 1.81 bits per heavy atom. The van der Waals surface area contributed by atoms with E-state index in [1.54, 1.807) is 0 Å². The van der Waals surface area contributed by atoms with Crippen molar-refractivity contribution in [3.63, 3.8) is 0 Å². The second-order valence-electron chi connectivity index (χ2n) is 10.3. The number of anilines is 1. The Hall–Kier alpha value is -3.29. The van der Waals surface area contributed by atoms with E-state index in [1.807, 2.05) is 18.5 Å². The van der Waals surface area contributed by atoms with E-state index in [-0.39, 0.29) is 0 Å². The van der Waals surface area contributed by atoms with Gasteiger partial charge in [0.1, 0.15) is 5.65 Å². The number of benzene rings is 1. The molecule has 0 amide bonds. The number of aromatic nitrogens is 4. The summed E-state index contributed by atoms with van der Waals surface area (Å²) in [5.74, 6) is 0.994. The van der Waals surface area contributed by atoms with E-state index in [2.05, 4.69) is 75.7 Å². The maximum atomic E-state index is 4.96. The number of hydrogen-bond donors (Lipinski definition) is 0. The molecule has 4 aromatic rings. The molecule has 1 aliphatic carbocycles. The Labute approximate surface area is 213 Å². The SMILES string of the molecule is Cc1ccc(CN2CCN(c3nccc4nc(CN(C)C5CCCc6cccnc65)cn34)CC2)cc1. The zero-order chi connectivity index (χ0) is 24.5. The van der Waals surface area contributed by atoms with Gasteiger partial charge in [-0.25, -0.2) is 9.97 Å². The molecule has 6 rings (SSSR count). The largest absolute Gasteiger partial charge is 0.339 e. The fourth-order valence-corrected chi connectivity index (χ4v) is 5.70. The highest BCUT2D eigenvalue weighted by molar-refractivity contribution is 5.48. The Morgan fingerprint density at radius 3 is 2.64 bits per heavy atom. The lowest BCUT2D eigenvalue weighted by atomic mass is 9.91. The van der Waals surface area contributed by atoms with Gasteiger partial charge in [0.2, 0.25) is 5.95 Å². The summed E-state index contributed by atoms with van der Waals surface area (Å²) in [6.45, 7) is 7.95. The maximum absolute atomic E-state index is 4.96. The molecule has 0 N–H and O–H groups in total. The van der Waals surface area contributed by atoms with Gasteiger partial charge in [-0.3, -0.25) is 19.2 Å². The van der Waals surface area contributed by atoms with Crippen LogP contribution in [0.15, 0.2) is 61.1 Å². The summed E-state index contributed by atoms with van der Waals surface area (Å²) in [5, 5.41) is 0. The molecule has 0 radical (unpaired) electrons. The van der Waals surface area contributed by atoms with Gasteiger partial charge < -0.3 is 4.90 Å². The van der Waals surface area contributed by atoms with Gasteiger partial charge in [0.25, 0.3) is 0 Å². The van der Waals surface area contributed by atoms with E-state index >= 15 is 0 Å². The summed E-state index contributed by atoms with van der Waals surface area (Å²) in [7, 11) is 2.20. The molecule has 0 saturated carbocycles. The number of hydrogen-bond acceptors (Lipinski definition) is 6. The van der Waals surface area contributed by atoms with Crippen LogP contribution in [0.3, 0.4) is 0 Å². The molecule has 1 saturated heterocycles. The second-order valence-corrected chi connectivity index (χ2v) is 10.3. The van der Waals surface area contributed by atoms with Gasteiger partial charge in [0.15, 0.2) is 0 Å². The Kier molecular flexibility index (Phi) is 6.42. The van der Waals surface area contributed by atoms with Gasteiger partial charge in [-0.05, 0) is 56.5 Å². The van der Waals surface area contributed by atoms with Crippen LogP contribution >= 0.6 is 0 Å². The fourth-order valence-electron chi connectivity index (χ4n) is 5.70. The van der Waals surface area contributed by atoms with Crippen molar-refractivity contribution in [2.75, 3.05) is 38.1 Å². The standard InChI is InChI=1S/C29H35N7/c1-22-8-10-23(11-9-22)19-34-15-17-35(18-16-34)29-31-14-12-27-32-25(21-36(27)29)20-33(2)26-7-3-5-24-6-4-13-30-28(24)26/h4,6,8-14,21,26H,3,5,7,15-20H2,1-2H3. The minimum atomic E-state index is 0.346. The Bertz CT molecular complexity index is 1320. The van der Waals surface area contributed by atoms with Gasteiger partial charge in [0.05, 0.1) is 17.4 Å². The van der Waals surface area contributed by atoms with Crippen LogP contribution in [-0.4, -0.2) is 62.4 Å². The first kappa shape index (κ1) is 23.1. The number of aryl methyl sites for hydroxylation is 2. The van der Waals surface area contributed by atoms with E-state index in [0.717, 1.165) is 69.4 Å². The summed E-state index contributed by atoms with van der Waals surface area (Å²) in [4.78, 5) is 21.8. The van der Waals surface area contributed by atoms with Crippen molar-refractivity contribution in [3.8, 4) is 0 Å². The molecule has 1 atom stereocenters. The second kappa shape index (κ2) is 9.99. The van der Waals surface area contributed by atoms with Crippen molar-refractivity contribution in [1.29, 1.82) is 0 Å². The quantitative estimate of drug-likeness (QED) is 0.410. The third-order valence-corrected chi connectivity index (χ3v) is 7.70. The molecule has 0 spiro atoms. The van der Waals surface area contributed by atoms with Crippen LogP contribution in [0.1, 0.15) is 47.0 Å². The van der Waals surface area contributed by atoms with E-state index in [0.29, 0.717) is 6.04 Å². The van der Waals surface area contributed by atoms with Gasteiger partial charge >= 0.3 is 0 Å². The molecule has 4 heterocycles. The van der Waals surface area contributed by atoms with Crippen LogP contribution in [0.4, 0.5) is 5.95 Å². The average Bonchev–Trinajstić information content (AvgIpc) is 3.32. The molecule has 7 heteroatoms. The molecule has 7 nitrogen and oxygen atoms in total. The van der Waals surface area contributed by atoms with Crippen molar-refractivity contribution >= 4 is 11.6 Å². The minimum absolute atomic E-state index is 0.346. The zero-order valence-electron chi connectivity index (χ0n) is 21.3. The number of nitrogens with zero attached hydrogens (tertiary/aromatic N) is 7. The molecule has 36 heavy (non-hydrogen) atoms. The predicted molar refractivity (Wildman–Crippen MR) is 143 cm³/mol. The fraction of sp³-hybridized carbons (Fsp3) is 0.414. The molecule has 1 unspecified atom stereocenters. The van der Waals surface area contributed by atoms with E-state index in [4.69, 9.17) is 15.0 Å². The highest BCUT2D eigenvalue weighted by Crippen LogP contribution is 2.32. The molecule has 3 aromatic heterocycles. The van der Waals surface area contributed by atoms with Crippen LogP contribution in [0.25, 0.3) is 5.65 Å². The molecule has 1 fully saturated rings. The topological polar surface area (TPSA) is 52.8 Å². The Balaban J connectivity index is 1.14. The van der Waals surface area contributed by atoms with Gasteiger partial charge in [-0.1, -0.05) is 35.9 Å². The van der Waals surface area contributed by atoms with Crippen LogP contribution in [-0.2, 0) is 19.5 Å². The highest BCUT2D eigenvalue weighted by Gasteiger charge is 2.26. The molecule has 1 aromatic carbocycles. The number of pyridine rings is 1. The minimum Gasteiger partial charge on any atom is -0.339 e. The van der Waals surface area contributed by atoms with Crippen molar-refractivity contribution in [2.24, 2.45) is 0 Å². The zero-order valence-corrected chi connectivity index (χ0v) is 21.3. The maximum Gasteiger partial charge on any atom is 0.211 e. The lowest BCUT2D eigenvalue weighted by molar-refractivity contribution is 0.206. The summed E-state index contributed by atoms with van der Waals surface area (Å²) in [6, 6.07) is 15.5. The Morgan fingerprint density at radius 1 is 0.972 bits per heavy atom. The van der Waals surface area contributed by atoms with E-state index in [9.17, 15) is 0 Å². The summed E-state index contributed by atoms with van der Waals surface area (Å²) >= 11 is 0. The van der Waals surface area contributed by atoms with Crippen LogP contribution in [0.5, 0.6) is 0 Å². The number of imidazole rings is 1. The third kappa shape index (κ3) is 4.73. The average molecular weight is 482 g/mol. The summed E-state index contributed by atoms with van der Waals surface area (Å²) in [6.07, 6.45) is 9.49. The number of piperazine rings is 1. The normalized spacial score (nSPS) is 18.6. The van der Waals surface area contributed by atoms with Crippen molar-refractivity contribution in [2.45, 2.75) is 45.3 Å². The first-order valence-corrected chi connectivity index (χ1v) is 13.1. The molecule has 186 valence electrons. The smallest absolute Gasteiger partial charge is 0.211 e. The molecule has 0 bridgehead atoms. The summed E-state index contributed by atoms with van der Waals surface area (Å²) < 4.78 is 2.17. The monoisotopic (exact) mass is 481 g/mol. The third-order valence-electron chi connectivity index (χ3n) is 7.70. The lowest BCUT2D eigenvalue weighted by Crippen LogP contribution is -2.46. The van der Waals surface area contributed by atoms with Crippen LogP contribution in [0.2, 0.25) is 0 Å². The first-order chi connectivity index (χ1) is 17.6. The van der Waals surface area contributed by atoms with Gasteiger partial charge in [-0.2, -0.15) is 0 Å². The van der Waals surface area contributed by atoms with Crippen molar-refractivity contribution in [1.82, 2.24) is 29.2 Å². The molecular weight excluding hydrogens is 446 g/mol. The lowest BCUT2D eigenvalue weighted by Gasteiger charge is -2.35. The number of fused-ring (bicyclic) bond motifs is 2. The van der Waals surface area contributed by atoms with Crippen molar-refractivity contribution < 1.29 is 0 Å². The highest BCUT2D eigenvalue weighted by atomic mass is 15.3. The molecule has 1 aliphatic heterocycles. The molecular formula is C29H35N7. The van der Waals surface area contributed by atoms with Gasteiger partial charge in [0, 0.05) is 57.9 Å². The summed E-state index contributed by atoms with van der Waals surface area (Å²) in [5.41, 5.74) is 7.37. The predicted octanol–water partition coefficient (Wildman–Crippen LogP) is 4.26. The first-order valence-electron chi connectivity index (χ1n) is 13.1. The van der Waals surface area contributed by atoms with Crippen molar-refractivity contribution in [3.05, 3.63) is 89.1 Å². The van der Waals surface area contributed by atoms with Crippen LogP contribution < -0.4 is 4.90 Å². The van der Waals surface area contributed by atoms with E-state index in [1.165, 1.54) is 28.8 Å². The van der Waals surface area contributed by atoms with Gasteiger partial charge in [-0.15, -0.1) is 0 Å². The number of rotatable bonds is 6. The molecule has 2 aliphatic rings.